The molecular weight excluding hydrogens is 238 g/mol. The first kappa shape index (κ1) is 11.8. The van der Waals surface area contributed by atoms with Crippen LogP contribution in [0.25, 0.3) is 22.7 Å². The topological polar surface area (TPSA) is 69.6 Å². The van der Waals surface area contributed by atoms with Crippen LogP contribution in [0, 0.1) is 0 Å². The van der Waals surface area contributed by atoms with E-state index in [0.29, 0.717) is 6.54 Å². The Morgan fingerprint density at radius 1 is 1.21 bits per heavy atom. The van der Waals surface area contributed by atoms with Gasteiger partial charge in [0, 0.05) is 25.5 Å². The van der Waals surface area contributed by atoms with E-state index in [9.17, 15) is 0 Å². The van der Waals surface area contributed by atoms with Crippen LogP contribution < -0.4 is 5.73 Å². The van der Waals surface area contributed by atoms with Gasteiger partial charge in [0.2, 0.25) is 0 Å². The summed E-state index contributed by atoms with van der Waals surface area (Å²) in [7, 11) is 0. The van der Waals surface area contributed by atoms with Gasteiger partial charge in [0.05, 0.1) is 0 Å². The van der Waals surface area contributed by atoms with Crippen LogP contribution in [0.5, 0.6) is 0 Å². The Bertz CT molecular complexity index is 699. The first-order valence-corrected chi connectivity index (χ1v) is 6.30. The fraction of sp³-hybridized carbons (Fsp3) is 0.214. The van der Waals surface area contributed by atoms with E-state index in [1.807, 2.05) is 24.3 Å². The van der Waals surface area contributed by atoms with Crippen molar-refractivity contribution in [1.29, 1.82) is 0 Å². The van der Waals surface area contributed by atoms with Crippen molar-refractivity contribution >= 4 is 11.2 Å². The average Bonchev–Trinajstić information content (AvgIpc) is 2.85. The lowest BCUT2D eigenvalue weighted by molar-refractivity contribution is 0.784. The fourth-order valence-electron chi connectivity index (χ4n) is 2.13. The van der Waals surface area contributed by atoms with Crippen molar-refractivity contribution in [1.82, 2.24) is 19.5 Å². The predicted molar refractivity (Wildman–Crippen MR) is 74.3 cm³/mol. The van der Waals surface area contributed by atoms with Gasteiger partial charge < -0.3 is 10.3 Å². The summed E-state index contributed by atoms with van der Waals surface area (Å²) in [5, 5.41) is 0. The molecule has 3 aromatic rings. The van der Waals surface area contributed by atoms with Gasteiger partial charge >= 0.3 is 0 Å². The van der Waals surface area contributed by atoms with E-state index in [-0.39, 0.29) is 0 Å². The zero-order valence-corrected chi connectivity index (χ0v) is 10.7. The van der Waals surface area contributed by atoms with Crippen LogP contribution in [0.3, 0.4) is 0 Å². The van der Waals surface area contributed by atoms with Gasteiger partial charge in [0.1, 0.15) is 11.2 Å². The summed E-state index contributed by atoms with van der Waals surface area (Å²) in [4.78, 5) is 13.4. The number of hydrogen-bond donors (Lipinski definition) is 1. The minimum atomic E-state index is 0.499. The van der Waals surface area contributed by atoms with Crippen LogP contribution in [0.4, 0.5) is 0 Å². The number of aryl methyl sites for hydroxylation is 1. The van der Waals surface area contributed by atoms with Crippen LogP contribution in [0.15, 0.2) is 36.7 Å². The van der Waals surface area contributed by atoms with Gasteiger partial charge in [-0.05, 0) is 30.7 Å². The number of imidazole rings is 1. The SMILES string of the molecule is CCn1c(-c2ccc(CN)cn2)nc2cccnc21. The molecule has 3 aromatic heterocycles. The van der Waals surface area contributed by atoms with E-state index >= 15 is 0 Å². The van der Waals surface area contributed by atoms with Crippen LogP contribution in [-0.4, -0.2) is 19.5 Å². The Kier molecular flexibility index (Phi) is 2.97. The van der Waals surface area contributed by atoms with Gasteiger partial charge in [-0.3, -0.25) is 4.98 Å². The Morgan fingerprint density at radius 2 is 2.11 bits per heavy atom. The lowest BCUT2D eigenvalue weighted by atomic mass is 10.2. The first-order valence-electron chi connectivity index (χ1n) is 6.30. The Hall–Kier alpha value is -2.27. The second kappa shape index (κ2) is 4.78. The molecule has 0 radical (unpaired) electrons. The molecule has 0 aliphatic rings. The van der Waals surface area contributed by atoms with Crippen molar-refractivity contribution < 1.29 is 0 Å². The van der Waals surface area contributed by atoms with Gasteiger partial charge in [-0.2, -0.15) is 0 Å². The first-order chi connectivity index (χ1) is 9.33. The summed E-state index contributed by atoms with van der Waals surface area (Å²) >= 11 is 0. The molecular formula is C14H15N5. The molecule has 5 nitrogen and oxygen atoms in total. The van der Waals surface area contributed by atoms with E-state index in [4.69, 9.17) is 5.73 Å². The summed E-state index contributed by atoms with van der Waals surface area (Å²) in [5.41, 5.74) is 9.23. The highest BCUT2D eigenvalue weighted by Gasteiger charge is 2.12. The smallest absolute Gasteiger partial charge is 0.161 e. The highest BCUT2D eigenvalue weighted by atomic mass is 15.1. The number of pyridine rings is 2. The van der Waals surface area contributed by atoms with Gasteiger partial charge in [-0.15, -0.1) is 0 Å². The third-order valence-corrected chi connectivity index (χ3v) is 3.11. The second-order valence-corrected chi connectivity index (χ2v) is 4.28. The highest BCUT2D eigenvalue weighted by molar-refractivity contribution is 5.76. The molecule has 0 aliphatic heterocycles. The molecule has 0 bridgehead atoms. The second-order valence-electron chi connectivity index (χ2n) is 4.28. The Labute approximate surface area is 111 Å². The molecule has 3 rings (SSSR count). The Balaban J connectivity index is 2.17. The fourth-order valence-corrected chi connectivity index (χ4v) is 2.13. The summed E-state index contributed by atoms with van der Waals surface area (Å²) in [6.45, 7) is 3.38. The predicted octanol–water partition coefficient (Wildman–Crippen LogP) is 1.97. The maximum Gasteiger partial charge on any atom is 0.161 e. The van der Waals surface area contributed by atoms with Crippen molar-refractivity contribution in [3.8, 4) is 11.5 Å². The van der Waals surface area contributed by atoms with E-state index in [1.54, 1.807) is 12.4 Å². The standard InChI is InChI=1S/C14H15N5/c1-2-19-13-12(4-3-7-16-13)18-14(19)11-6-5-10(8-15)9-17-11/h3-7,9H,2,8,15H2,1H3. The quantitative estimate of drug-likeness (QED) is 0.774. The lowest BCUT2D eigenvalue weighted by Gasteiger charge is -2.05. The van der Waals surface area contributed by atoms with Crippen molar-refractivity contribution in [3.05, 3.63) is 42.2 Å². The van der Waals surface area contributed by atoms with E-state index < -0.39 is 0 Å². The highest BCUT2D eigenvalue weighted by Crippen LogP contribution is 2.21. The molecule has 0 spiro atoms. The Morgan fingerprint density at radius 3 is 2.79 bits per heavy atom. The molecule has 0 atom stereocenters. The summed E-state index contributed by atoms with van der Waals surface area (Å²) < 4.78 is 2.07. The monoisotopic (exact) mass is 253 g/mol. The minimum absolute atomic E-state index is 0.499. The summed E-state index contributed by atoms with van der Waals surface area (Å²) in [6, 6.07) is 7.79. The maximum absolute atomic E-state index is 5.59. The molecule has 0 aromatic carbocycles. The summed E-state index contributed by atoms with van der Waals surface area (Å²) in [5.74, 6) is 0.847. The molecule has 0 saturated heterocycles. The van der Waals surface area contributed by atoms with E-state index in [2.05, 4.69) is 26.4 Å². The number of rotatable bonds is 3. The average molecular weight is 253 g/mol. The number of fused-ring (bicyclic) bond motifs is 1. The van der Waals surface area contributed by atoms with E-state index in [1.165, 1.54) is 0 Å². The lowest BCUT2D eigenvalue weighted by Crippen LogP contribution is -2.01. The normalized spacial score (nSPS) is 11.1. The molecule has 96 valence electrons. The van der Waals surface area contributed by atoms with Crippen molar-refractivity contribution in [2.24, 2.45) is 5.73 Å². The zero-order chi connectivity index (χ0) is 13.2. The minimum Gasteiger partial charge on any atom is -0.326 e. The number of aromatic nitrogens is 4. The number of nitrogens with zero attached hydrogens (tertiary/aromatic N) is 4. The molecule has 0 unspecified atom stereocenters. The van der Waals surface area contributed by atoms with Crippen LogP contribution in [-0.2, 0) is 13.1 Å². The molecule has 2 N–H and O–H groups in total. The third-order valence-electron chi connectivity index (χ3n) is 3.11. The van der Waals surface area contributed by atoms with Crippen molar-refractivity contribution in [3.63, 3.8) is 0 Å². The van der Waals surface area contributed by atoms with E-state index in [0.717, 1.165) is 34.8 Å². The van der Waals surface area contributed by atoms with Crippen LogP contribution in [0.2, 0.25) is 0 Å². The molecule has 0 fully saturated rings. The molecule has 0 amide bonds. The molecule has 19 heavy (non-hydrogen) atoms. The van der Waals surface area contributed by atoms with Crippen LogP contribution in [0.1, 0.15) is 12.5 Å². The van der Waals surface area contributed by atoms with Crippen molar-refractivity contribution in [2.75, 3.05) is 0 Å². The zero-order valence-electron chi connectivity index (χ0n) is 10.7. The number of hydrogen-bond acceptors (Lipinski definition) is 4. The largest absolute Gasteiger partial charge is 0.326 e. The molecule has 3 heterocycles. The van der Waals surface area contributed by atoms with Gasteiger partial charge in [-0.25, -0.2) is 9.97 Å². The number of nitrogens with two attached hydrogens (primary N) is 1. The van der Waals surface area contributed by atoms with Crippen molar-refractivity contribution in [2.45, 2.75) is 20.0 Å². The van der Waals surface area contributed by atoms with Gasteiger partial charge in [0.25, 0.3) is 0 Å². The molecule has 5 heteroatoms. The van der Waals surface area contributed by atoms with Gasteiger partial charge in [0.15, 0.2) is 11.5 Å². The summed E-state index contributed by atoms with van der Waals surface area (Å²) in [6.07, 6.45) is 3.58. The molecule has 0 saturated carbocycles. The van der Waals surface area contributed by atoms with Gasteiger partial charge in [-0.1, -0.05) is 6.07 Å². The third kappa shape index (κ3) is 1.98. The van der Waals surface area contributed by atoms with Crippen LogP contribution >= 0.6 is 0 Å². The maximum atomic E-state index is 5.59. The molecule has 0 aliphatic carbocycles.